The summed E-state index contributed by atoms with van der Waals surface area (Å²) in [4.78, 5) is 0. The van der Waals surface area contributed by atoms with Crippen LogP contribution >= 0.6 is 0 Å². The summed E-state index contributed by atoms with van der Waals surface area (Å²) in [6.07, 6.45) is -4.76. The molecule has 0 aliphatic carbocycles. The zero-order valence-corrected chi connectivity index (χ0v) is 10.9. The Bertz CT molecular complexity index is 402. The lowest BCUT2D eigenvalue weighted by atomic mass is 10.1. The highest BCUT2D eigenvalue weighted by Crippen LogP contribution is 2.30. The molecule has 0 aliphatic rings. The maximum absolute atomic E-state index is 12.3. The zero-order valence-electron chi connectivity index (χ0n) is 10.9. The maximum atomic E-state index is 12.3. The number of hydrazine groups is 1. The number of methoxy groups -OCH3 is 1. The van der Waals surface area contributed by atoms with Crippen LogP contribution in [0.25, 0.3) is 0 Å². The summed E-state index contributed by atoms with van der Waals surface area (Å²) < 4.78 is 51.0. The van der Waals surface area contributed by atoms with E-state index in [1.165, 1.54) is 25.3 Å². The SMILES string of the molecule is COCCOCC(NN)c1ccccc1OC(F)(F)F. The molecule has 0 fully saturated rings. The largest absolute Gasteiger partial charge is 0.573 e. The molecule has 1 rings (SSSR count). The highest BCUT2D eigenvalue weighted by molar-refractivity contribution is 5.36. The number of halogens is 3. The number of alkyl halides is 3. The Hall–Kier alpha value is -1.35. The average molecular weight is 294 g/mol. The van der Waals surface area contributed by atoms with E-state index < -0.39 is 12.4 Å². The Morgan fingerprint density at radius 2 is 1.95 bits per heavy atom. The first-order valence-corrected chi connectivity index (χ1v) is 5.85. The van der Waals surface area contributed by atoms with E-state index in [1.807, 2.05) is 0 Å². The van der Waals surface area contributed by atoms with Crippen LogP contribution in [0.15, 0.2) is 24.3 Å². The Kier molecular flexibility index (Phi) is 6.73. The van der Waals surface area contributed by atoms with Gasteiger partial charge in [-0.2, -0.15) is 0 Å². The molecule has 5 nitrogen and oxygen atoms in total. The van der Waals surface area contributed by atoms with Gasteiger partial charge >= 0.3 is 6.36 Å². The number of nitrogens with one attached hydrogen (secondary N) is 1. The van der Waals surface area contributed by atoms with Crippen LogP contribution in [0.2, 0.25) is 0 Å². The van der Waals surface area contributed by atoms with Gasteiger partial charge in [-0.25, -0.2) is 0 Å². The van der Waals surface area contributed by atoms with E-state index in [9.17, 15) is 13.2 Å². The molecule has 0 bridgehead atoms. The lowest BCUT2D eigenvalue weighted by Crippen LogP contribution is -2.32. The highest BCUT2D eigenvalue weighted by atomic mass is 19.4. The van der Waals surface area contributed by atoms with Crippen molar-refractivity contribution in [3.8, 4) is 5.75 Å². The molecule has 0 aromatic heterocycles. The molecule has 0 saturated carbocycles. The third-order valence-corrected chi connectivity index (χ3v) is 2.44. The van der Waals surface area contributed by atoms with Crippen molar-refractivity contribution >= 4 is 0 Å². The second-order valence-corrected chi connectivity index (χ2v) is 3.87. The molecule has 0 heterocycles. The minimum Gasteiger partial charge on any atom is -0.405 e. The lowest BCUT2D eigenvalue weighted by Gasteiger charge is -2.20. The van der Waals surface area contributed by atoms with Crippen LogP contribution in [0.4, 0.5) is 13.2 Å². The molecule has 0 aliphatic heterocycles. The van der Waals surface area contributed by atoms with Crippen molar-refractivity contribution in [2.75, 3.05) is 26.9 Å². The van der Waals surface area contributed by atoms with Gasteiger partial charge in [-0.1, -0.05) is 18.2 Å². The van der Waals surface area contributed by atoms with Crippen LogP contribution in [0.5, 0.6) is 5.75 Å². The summed E-state index contributed by atoms with van der Waals surface area (Å²) in [7, 11) is 1.52. The smallest absolute Gasteiger partial charge is 0.405 e. The second-order valence-electron chi connectivity index (χ2n) is 3.87. The molecule has 8 heteroatoms. The number of hydrogen-bond acceptors (Lipinski definition) is 5. The second kappa shape index (κ2) is 8.05. The van der Waals surface area contributed by atoms with E-state index in [1.54, 1.807) is 6.07 Å². The molecule has 1 unspecified atom stereocenters. The maximum Gasteiger partial charge on any atom is 0.573 e. The molecule has 0 radical (unpaired) electrons. The molecule has 1 aromatic carbocycles. The number of benzene rings is 1. The fraction of sp³-hybridized carbons (Fsp3) is 0.500. The van der Waals surface area contributed by atoms with Crippen molar-refractivity contribution in [2.45, 2.75) is 12.4 Å². The first-order chi connectivity index (χ1) is 9.48. The summed E-state index contributed by atoms with van der Waals surface area (Å²) in [5.74, 6) is 5.05. The summed E-state index contributed by atoms with van der Waals surface area (Å²) in [5.41, 5.74) is 2.68. The zero-order chi connectivity index (χ0) is 15.0. The fourth-order valence-electron chi connectivity index (χ4n) is 1.56. The monoisotopic (exact) mass is 294 g/mol. The van der Waals surface area contributed by atoms with Gasteiger partial charge in [0.25, 0.3) is 0 Å². The molecule has 1 aromatic rings. The summed E-state index contributed by atoms with van der Waals surface area (Å²) in [5, 5.41) is 0. The minimum absolute atomic E-state index is 0.0953. The number of nitrogens with two attached hydrogens (primary N) is 1. The normalized spacial score (nSPS) is 13.2. The third-order valence-electron chi connectivity index (χ3n) is 2.44. The van der Waals surface area contributed by atoms with Gasteiger partial charge in [0.2, 0.25) is 0 Å². The third kappa shape index (κ3) is 5.74. The fourth-order valence-corrected chi connectivity index (χ4v) is 1.56. The molecule has 20 heavy (non-hydrogen) atoms. The van der Waals surface area contributed by atoms with E-state index in [2.05, 4.69) is 10.2 Å². The predicted molar refractivity (Wildman–Crippen MR) is 65.9 cm³/mol. The van der Waals surface area contributed by atoms with Crippen molar-refractivity contribution in [3.63, 3.8) is 0 Å². The van der Waals surface area contributed by atoms with Gasteiger partial charge < -0.3 is 14.2 Å². The first-order valence-electron chi connectivity index (χ1n) is 5.85. The van der Waals surface area contributed by atoms with E-state index in [4.69, 9.17) is 15.3 Å². The van der Waals surface area contributed by atoms with Crippen molar-refractivity contribution in [1.29, 1.82) is 0 Å². The predicted octanol–water partition coefficient (Wildman–Crippen LogP) is 1.75. The molecular formula is C12H17F3N2O3. The molecule has 1 atom stereocenters. The average Bonchev–Trinajstić information content (AvgIpc) is 2.38. The Balaban J connectivity index is 2.75. The van der Waals surface area contributed by atoms with Gasteiger partial charge in [-0.3, -0.25) is 11.3 Å². The van der Waals surface area contributed by atoms with E-state index in [-0.39, 0.29) is 17.9 Å². The number of ether oxygens (including phenoxy) is 3. The van der Waals surface area contributed by atoms with Gasteiger partial charge in [-0.05, 0) is 6.07 Å². The van der Waals surface area contributed by atoms with Crippen LogP contribution in [0, 0.1) is 0 Å². The highest BCUT2D eigenvalue weighted by Gasteiger charge is 2.32. The van der Waals surface area contributed by atoms with Crippen molar-refractivity contribution < 1.29 is 27.4 Å². The molecular weight excluding hydrogens is 277 g/mol. The van der Waals surface area contributed by atoms with E-state index in [0.717, 1.165) is 0 Å². The summed E-state index contributed by atoms with van der Waals surface area (Å²) >= 11 is 0. The molecule has 114 valence electrons. The number of hydrogen-bond donors (Lipinski definition) is 2. The van der Waals surface area contributed by atoms with Crippen molar-refractivity contribution in [3.05, 3.63) is 29.8 Å². The van der Waals surface area contributed by atoms with E-state index >= 15 is 0 Å². The number of rotatable bonds is 8. The number of para-hydroxylation sites is 1. The Morgan fingerprint density at radius 1 is 1.25 bits per heavy atom. The standard InChI is InChI=1S/C12H17F3N2O3/c1-18-6-7-19-8-10(17-16)9-4-2-3-5-11(9)20-12(13,14)15/h2-5,10,17H,6-8,16H2,1H3. The van der Waals surface area contributed by atoms with Crippen molar-refractivity contribution in [2.24, 2.45) is 5.84 Å². The van der Waals surface area contributed by atoms with Crippen LogP contribution in [0.1, 0.15) is 11.6 Å². The summed E-state index contributed by atoms with van der Waals surface area (Å²) in [6.45, 7) is 0.799. The summed E-state index contributed by atoms with van der Waals surface area (Å²) in [6, 6.07) is 5.14. The van der Waals surface area contributed by atoms with Gasteiger partial charge in [0.05, 0.1) is 25.9 Å². The minimum atomic E-state index is -4.76. The van der Waals surface area contributed by atoms with Crippen LogP contribution in [0.3, 0.4) is 0 Å². The molecule has 3 N–H and O–H groups in total. The van der Waals surface area contributed by atoms with Crippen molar-refractivity contribution in [1.82, 2.24) is 5.43 Å². The molecule has 0 saturated heterocycles. The Morgan fingerprint density at radius 3 is 2.55 bits per heavy atom. The molecule has 0 spiro atoms. The van der Waals surface area contributed by atoms with Gasteiger partial charge in [0.1, 0.15) is 5.75 Å². The topological polar surface area (TPSA) is 65.7 Å². The molecule has 0 amide bonds. The van der Waals surface area contributed by atoms with Gasteiger partial charge in [0, 0.05) is 12.7 Å². The quantitative estimate of drug-likeness (QED) is 0.434. The first kappa shape index (κ1) is 16.7. The van der Waals surface area contributed by atoms with Crippen LogP contribution < -0.4 is 16.0 Å². The Labute approximate surface area is 114 Å². The lowest BCUT2D eigenvalue weighted by molar-refractivity contribution is -0.275. The van der Waals surface area contributed by atoms with Gasteiger partial charge in [-0.15, -0.1) is 13.2 Å². The van der Waals surface area contributed by atoms with Crippen LogP contribution in [-0.2, 0) is 9.47 Å². The van der Waals surface area contributed by atoms with E-state index in [0.29, 0.717) is 13.2 Å². The van der Waals surface area contributed by atoms with Crippen LogP contribution in [-0.4, -0.2) is 33.3 Å². The van der Waals surface area contributed by atoms with Gasteiger partial charge in [0.15, 0.2) is 0 Å².